The average molecular weight is 473 g/mol. The minimum absolute atomic E-state index is 0.0507. The minimum Gasteiger partial charge on any atom is -0.493 e. The predicted molar refractivity (Wildman–Crippen MR) is 105 cm³/mol. The number of fused-ring (bicyclic) bond motifs is 1. The topological polar surface area (TPSA) is 111 Å². The van der Waals surface area contributed by atoms with E-state index < -0.39 is 67.9 Å². The van der Waals surface area contributed by atoms with Gasteiger partial charge in [0.05, 0.1) is 7.11 Å². The van der Waals surface area contributed by atoms with E-state index in [1.807, 2.05) is 0 Å². The molecule has 0 spiro atoms. The van der Waals surface area contributed by atoms with Gasteiger partial charge in [0.2, 0.25) is 11.7 Å². The lowest BCUT2D eigenvalue weighted by molar-refractivity contribution is -0.121. The van der Waals surface area contributed by atoms with Crippen molar-refractivity contribution < 1.29 is 35.5 Å². The maximum Gasteiger partial charge on any atom is 0.255 e. The number of nitrogens with two attached hydrogens (primary N) is 1. The third-order valence-electron chi connectivity index (χ3n) is 6.18. The summed E-state index contributed by atoms with van der Waals surface area (Å²) >= 11 is 0. The summed E-state index contributed by atoms with van der Waals surface area (Å²) in [5.41, 5.74) is 0.169. The Labute approximate surface area is 181 Å². The summed E-state index contributed by atoms with van der Waals surface area (Å²) in [5.74, 6) is -10.3. The number of aromatic nitrogens is 1. The molecular weight excluding hydrogens is 454 g/mol. The first-order chi connectivity index (χ1) is 14.9. The molecule has 32 heavy (non-hydrogen) atoms. The van der Waals surface area contributed by atoms with Gasteiger partial charge in [-0.15, -0.1) is 0 Å². The average Bonchev–Trinajstić information content (AvgIpc) is 3.28. The molecule has 2 aromatic rings. The molecule has 4 atom stereocenters. The molecular formula is C20H19F4N3O4S. The zero-order valence-electron chi connectivity index (χ0n) is 16.7. The number of rotatable bonds is 5. The summed E-state index contributed by atoms with van der Waals surface area (Å²) in [4.78, 5) is 16.7. The molecule has 1 aromatic carbocycles. The van der Waals surface area contributed by atoms with Crippen LogP contribution in [-0.2, 0) is 14.8 Å². The number of benzene rings is 1. The number of carbonyl (C=O) groups is 1. The van der Waals surface area contributed by atoms with Crippen LogP contribution < -0.4 is 15.2 Å². The Kier molecular flexibility index (Phi) is 5.40. The van der Waals surface area contributed by atoms with Crippen LogP contribution in [0.2, 0.25) is 0 Å². The number of hydrogen-bond donors (Lipinski definition) is 2. The highest BCUT2D eigenvalue weighted by Crippen LogP contribution is 2.66. The van der Waals surface area contributed by atoms with Crippen molar-refractivity contribution in [3.63, 3.8) is 0 Å². The quantitative estimate of drug-likeness (QED) is 0.649. The summed E-state index contributed by atoms with van der Waals surface area (Å²) < 4.78 is 84.3. The molecule has 12 heteroatoms. The maximum absolute atomic E-state index is 14.3. The first-order valence-electron chi connectivity index (χ1n) is 9.64. The molecule has 1 amide bonds. The monoisotopic (exact) mass is 473 g/mol. The van der Waals surface area contributed by atoms with Gasteiger partial charge in [-0.25, -0.2) is 31.7 Å². The van der Waals surface area contributed by atoms with Crippen molar-refractivity contribution in [1.82, 2.24) is 4.98 Å². The number of nitrogens with one attached hydrogen (secondary N) is 1. The largest absolute Gasteiger partial charge is 0.493 e. The lowest BCUT2D eigenvalue weighted by Crippen LogP contribution is -2.32. The molecule has 3 unspecified atom stereocenters. The van der Waals surface area contributed by atoms with E-state index in [4.69, 9.17) is 9.88 Å². The van der Waals surface area contributed by atoms with Crippen molar-refractivity contribution >= 4 is 21.6 Å². The lowest BCUT2D eigenvalue weighted by Gasteiger charge is -2.31. The maximum atomic E-state index is 14.3. The number of anilines is 1. The number of amides is 1. The van der Waals surface area contributed by atoms with E-state index in [1.54, 1.807) is 0 Å². The molecule has 2 saturated carbocycles. The molecule has 4 rings (SSSR count). The van der Waals surface area contributed by atoms with Gasteiger partial charge in [-0.05, 0) is 30.9 Å². The Bertz CT molecular complexity index is 1190. The van der Waals surface area contributed by atoms with Crippen LogP contribution in [0.5, 0.6) is 5.75 Å². The van der Waals surface area contributed by atoms with E-state index in [0.717, 1.165) is 25.4 Å². The number of alkyl halides is 2. The Morgan fingerprint density at radius 1 is 1.22 bits per heavy atom. The molecule has 0 aliphatic heterocycles. The van der Waals surface area contributed by atoms with Gasteiger partial charge in [-0.2, -0.15) is 4.39 Å². The van der Waals surface area contributed by atoms with Crippen LogP contribution in [0.15, 0.2) is 35.5 Å². The highest BCUT2D eigenvalue weighted by molar-refractivity contribution is 7.89. The molecule has 2 aliphatic carbocycles. The number of sulfonamides is 1. The Morgan fingerprint density at radius 2 is 1.91 bits per heavy atom. The summed E-state index contributed by atoms with van der Waals surface area (Å²) in [6.07, 6.45) is 0.830. The third kappa shape index (κ3) is 3.81. The minimum atomic E-state index is -4.13. The van der Waals surface area contributed by atoms with E-state index in [-0.39, 0.29) is 24.1 Å². The highest BCUT2D eigenvalue weighted by Gasteiger charge is 2.71. The van der Waals surface area contributed by atoms with Gasteiger partial charge in [-0.3, -0.25) is 4.79 Å². The van der Waals surface area contributed by atoms with E-state index >= 15 is 0 Å². The first kappa shape index (κ1) is 22.5. The van der Waals surface area contributed by atoms with Gasteiger partial charge >= 0.3 is 0 Å². The standard InChI is InChI=1S/C20H19F4N3O4S/c1-31-18-10(2-3-15(21)17(18)22)11-7-13-14(20(13,23)24)8-12(11)19(28)27-9-4-5-26-16(6-9)32(25,29)30/h2-6,11-14H,7-8H2,1H3,(H2,25,29,30)(H,26,27,28)/t11?,12?,13-,14?/m0/s1. The Hall–Kier alpha value is -2.73. The van der Waals surface area contributed by atoms with Crippen LogP contribution in [0.4, 0.5) is 23.2 Å². The number of halogens is 4. The SMILES string of the molecule is COc1c(C2C[C@H]3C(CC2C(=O)Nc2ccnc(S(N)(=O)=O)c2)C3(F)F)ccc(F)c1F. The van der Waals surface area contributed by atoms with E-state index in [9.17, 15) is 30.8 Å². The first-order valence-corrected chi connectivity index (χ1v) is 11.2. The van der Waals surface area contributed by atoms with Gasteiger partial charge in [0.1, 0.15) is 0 Å². The van der Waals surface area contributed by atoms with Crippen molar-refractivity contribution in [3.8, 4) is 5.75 Å². The van der Waals surface area contributed by atoms with Gasteiger partial charge in [-0.1, -0.05) is 6.07 Å². The smallest absolute Gasteiger partial charge is 0.255 e. The number of hydrogen-bond acceptors (Lipinski definition) is 5. The van der Waals surface area contributed by atoms with Crippen LogP contribution in [0.3, 0.4) is 0 Å². The zero-order valence-corrected chi connectivity index (χ0v) is 17.5. The number of primary sulfonamides is 1. The summed E-state index contributed by atoms with van der Waals surface area (Å²) in [6.45, 7) is 0. The van der Waals surface area contributed by atoms with Gasteiger partial charge in [0.15, 0.2) is 16.6 Å². The fourth-order valence-electron chi connectivity index (χ4n) is 4.54. The number of ether oxygens (including phenoxy) is 1. The number of carbonyl (C=O) groups excluding carboxylic acids is 1. The van der Waals surface area contributed by atoms with E-state index in [2.05, 4.69) is 10.3 Å². The molecule has 2 aliphatic rings. The second-order valence-electron chi connectivity index (χ2n) is 7.97. The summed E-state index contributed by atoms with van der Waals surface area (Å²) in [7, 11) is -3.01. The zero-order chi connectivity index (χ0) is 23.4. The van der Waals surface area contributed by atoms with E-state index in [1.165, 1.54) is 12.1 Å². The Balaban J connectivity index is 1.68. The van der Waals surface area contributed by atoms with Crippen molar-refractivity contribution in [2.75, 3.05) is 12.4 Å². The third-order valence-corrected chi connectivity index (χ3v) is 6.99. The number of nitrogens with zero attached hydrogens (tertiary/aromatic N) is 1. The van der Waals surface area contributed by atoms with Gasteiger partial charge in [0.25, 0.3) is 15.9 Å². The molecule has 7 nitrogen and oxygen atoms in total. The van der Waals surface area contributed by atoms with Gasteiger partial charge < -0.3 is 10.1 Å². The van der Waals surface area contributed by atoms with Crippen LogP contribution >= 0.6 is 0 Å². The van der Waals surface area contributed by atoms with Gasteiger partial charge in [0, 0.05) is 41.3 Å². The second-order valence-corrected chi connectivity index (χ2v) is 9.48. The van der Waals surface area contributed by atoms with E-state index in [0.29, 0.717) is 0 Å². The van der Waals surface area contributed by atoms with Crippen molar-refractivity contribution in [2.45, 2.75) is 29.7 Å². The normalized spacial score (nSPS) is 26.2. The second kappa shape index (κ2) is 7.69. The van der Waals surface area contributed by atoms with Crippen molar-refractivity contribution in [2.24, 2.45) is 22.9 Å². The lowest BCUT2D eigenvalue weighted by atomic mass is 9.74. The molecule has 3 N–H and O–H groups in total. The summed E-state index contributed by atoms with van der Waals surface area (Å²) in [5, 5.41) is 7.06. The molecule has 1 heterocycles. The van der Waals surface area contributed by atoms with Crippen LogP contribution in [-0.4, -0.2) is 32.3 Å². The van der Waals surface area contributed by atoms with Crippen molar-refractivity contribution in [3.05, 3.63) is 47.7 Å². The molecule has 0 radical (unpaired) electrons. The molecule has 0 bridgehead atoms. The fraction of sp³-hybridized carbons (Fsp3) is 0.400. The fourth-order valence-corrected chi connectivity index (χ4v) is 5.04. The predicted octanol–water partition coefficient (Wildman–Crippen LogP) is 3.03. The van der Waals surface area contributed by atoms with Crippen molar-refractivity contribution in [1.29, 1.82) is 0 Å². The molecule has 0 saturated heterocycles. The van der Waals surface area contributed by atoms with Crippen LogP contribution in [0.1, 0.15) is 24.3 Å². The highest BCUT2D eigenvalue weighted by atomic mass is 32.2. The molecule has 172 valence electrons. The molecule has 1 aromatic heterocycles. The Morgan fingerprint density at radius 3 is 2.56 bits per heavy atom. The van der Waals surface area contributed by atoms with Crippen LogP contribution in [0.25, 0.3) is 0 Å². The molecule has 2 fully saturated rings. The van der Waals surface area contributed by atoms with Crippen LogP contribution in [0, 0.1) is 29.4 Å². The summed E-state index contributed by atoms with van der Waals surface area (Å²) in [6, 6.07) is 4.45. The number of pyridine rings is 1. The number of methoxy groups -OCH3 is 1.